The van der Waals surface area contributed by atoms with Crippen LogP contribution < -0.4 is 5.73 Å². The molecule has 1 aromatic rings. The molecule has 1 unspecified atom stereocenters. The van der Waals surface area contributed by atoms with Crippen LogP contribution in [0.2, 0.25) is 0 Å². The van der Waals surface area contributed by atoms with Gasteiger partial charge in [0.05, 0.1) is 11.0 Å². The standard InChI is InChI=1S/C8H11BrN2O2/c1-11-4-5(2-7(11)9)6(10)3-8(12)13/h2,4,6H,3,10H2,1H3,(H,12,13). The SMILES string of the molecule is Cn1cc(C(N)CC(=O)O)cc1Br. The average molecular weight is 247 g/mol. The van der Waals surface area contributed by atoms with Gasteiger partial charge in [-0.3, -0.25) is 4.79 Å². The lowest BCUT2D eigenvalue weighted by Gasteiger charge is -2.04. The van der Waals surface area contributed by atoms with Gasteiger partial charge in [0.15, 0.2) is 0 Å². The molecule has 1 rings (SSSR count). The number of aromatic nitrogens is 1. The number of aryl methyl sites for hydroxylation is 1. The maximum Gasteiger partial charge on any atom is 0.305 e. The first kappa shape index (κ1) is 10.3. The number of halogens is 1. The van der Waals surface area contributed by atoms with Gasteiger partial charge in [-0.2, -0.15) is 0 Å². The maximum absolute atomic E-state index is 10.4. The summed E-state index contributed by atoms with van der Waals surface area (Å²) >= 11 is 3.31. The van der Waals surface area contributed by atoms with E-state index >= 15 is 0 Å². The smallest absolute Gasteiger partial charge is 0.305 e. The highest BCUT2D eigenvalue weighted by Crippen LogP contribution is 2.20. The monoisotopic (exact) mass is 246 g/mol. The molecule has 0 aliphatic carbocycles. The molecule has 13 heavy (non-hydrogen) atoms. The number of rotatable bonds is 3. The molecule has 0 aliphatic rings. The summed E-state index contributed by atoms with van der Waals surface area (Å²) in [6.45, 7) is 0. The molecule has 5 heteroatoms. The van der Waals surface area contributed by atoms with E-state index in [2.05, 4.69) is 15.9 Å². The Morgan fingerprint density at radius 3 is 2.85 bits per heavy atom. The first-order valence-electron chi connectivity index (χ1n) is 3.80. The predicted octanol–water partition coefficient (Wildman–Crippen LogP) is 1.26. The van der Waals surface area contributed by atoms with E-state index in [9.17, 15) is 4.79 Å². The Bertz CT molecular complexity index is 302. The van der Waals surface area contributed by atoms with Crippen LogP contribution in [0.25, 0.3) is 0 Å². The molecule has 0 fully saturated rings. The number of hydrogen-bond donors (Lipinski definition) is 2. The third-order valence-corrected chi connectivity index (χ3v) is 2.58. The van der Waals surface area contributed by atoms with Gasteiger partial charge in [-0.15, -0.1) is 0 Å². The van der Waals surface area contributed by atoms with E-state index in [1.54, 1.807) is 0 Å². The quantitative estimate of drug-likeness (QED) is 0.844. The third kappa shape index (κ3) is 2.57. The second kappa shape index (κ2) is 3.93. The highest BCUT2D eigenvalue weighted by atomic mass is 79.9. The minimum absolute atomic E-state index is 0.0452. The van der Waals surface area contributed by atoms with Crippen LogP contribution in [-0.2, 0) is 11.8 Å². The van der Waals surface area contributed by atoms with Gasteiger partial charge in [-0.1, -0.05) is 0 Å². The van der Waals surface area contributed by atoms with Crippen molar-refractivity contribution in [1.29, 1.82) is 0 Å². The highest BCUT2D eigenvalue weighted by Gasteiger charge is 2.12. The Morgan fingerprint density at radius 1 is 1.85 bits per heavy atom. The summed E-state index contributed by atoms with van der Waals surface area (Å²) in [4.78, 5) is 10.4. The van der Waals surface area contributed by atoms with Gasteiger partial charge in [-0.05, 0) is 27.6 Å². The molecule has 72 valence electrons. The third-order valence-electron chi connectivity index (χ3n) is 1.79. The molecule has 1 atom stereocenters. The van der Waals surface area contributed by atoms with E-state index in [1.165, 1.54) is 0 Å². The van der Waals surface area contributed by atoms with Crippen LogP contribution in [0.4, 0.5) is 0 Å². The van der Waals surface area contributed by atoms with E-state index in [-0.39, 0.29) is 6.42 Å². The normalized spacial score (nSPS) is 12.8. The molecule has 4 nitrogen and oxygen atoms in total. The minimum atomic E-state index is -0.882. The summed E-state index contributed by atoms with van der Waals surface area (Å²) in [6, 6.07) is 1.39. The fourth-order valence-corrected chi connectivity index (χ4v) is 1.44. The van der Waals surface area contributed by atoms with Gasteiger partial charge in [0.25, 0.3) is 0 Å². The van der Waals surface area contributed by atoms with Crippen molar-refractivity contribution in [2.75, 3.05) is 0 Å². The summed E-state index contributed by atoms with van der Waals surface area (Å²) in [5, 5.41) is 8.52. The van der Waals surface area contributed by atoms with Crippen molar-refractivity contribution < 1.29 is 9.90 Å². The Balaban J connectivity index is 2.77. The van der Waals surface area contributed by atoms with E-state index < -0.39 is 12.0 Å². The lowest BCUT2D eigenvalue weighted by molar-refractivity contribution is -0.137. The molecular formula is C8H11BrN2O2. The summed E-state index contributed by atoms with van der Waals surface area (Å²) in [6.07, 6.45) is 1.77. The zero-order valence-electron chi connectivity index (χ0n) is 7.20. The van der Waals surface area contributed by atoms with Crippen molar-refractivity contribution >= 4 is 21.9 Å². The fourth-order valence-electron chi connectivity index (χ4n) is 1.07. The number of nitrogens with zero attached hydrogens (tertiary/aromatic N) is 1. The number of carboxylic acid groups (broad SMARTS) is 1. The largest absolute Gasteiger partial charge is 0.481 e. The number of aliphatic carboxylic acids is 1. The minimum Gasteiger partial charge on any atom is -0.481 e. The van der Waals surface area contributed by atoms with E-state index in [0.717, 1.165) is 10.2 Å². The topological polar surface area (TPSA) is 68.2 Å². The first-order chi connectivity index (χ1) is 6.00. The van der Waals surface area contributed by atoms with Crippen molar-refractivity contribution in [3.05, 3.63) is 22.4 Å². The van der Waals surface area contributed by atoms with Crippen molar-refractivity contribution in [3.8, 4) is 0 Å². The van der Waals surface area contributed by atoms with Gasteiger partial charge in [0, 0.05) is 19.3 Å². The molecule has 0 saturated heterocycles. The van der Waals surface area contributed by atoms with Crippen LogP contribution >= 0.6 is 15.9 Å². The summed E-state index contributed by atoms with van der Waals surface area (Å²) in [5.74, 6) is -0.882. The van der Waals surface area contributed by atoms with Gasteiger partial charge >= 0.3 is 5.97 Å². The Labute approximate surface area is 84.5 Å². The molecule has 0 saturated carbocycles. The number of carbonyl (C=O) groups is 1. The molecule has 0 aliphatic heterocycles. The van der Waals surface area contributed by atoms with Crippen LogP contribution in [0.15, 0.2) is 16.9 Å². The Morgan fingerprint density at radius 2 is 2.46 bits per heavy atom. The number of hydrogen-bond acceptors (Lipinski definition) is 2. The van der Waals surface area contributed by atoms with Crippen LogP contribution in [0.1, 0.15) is 18.0 Å². The van der Waals surface area contributed by atoms with Crippen LogP contribution in [-0.4, -0.2) is 15.6 Å². The molecule has 1 aromatic heterocycles. The lowest BCUT2D eigenvalue weighted by Crippen LogP contribution is -2.14. The molecule has 0 radical (unpaired) electrons. The summed E-state index contributed by atoms with van der Waals surface area (Å²) in [5.41, 5.74) is 6.49. The molecule has 1 heterocycles. The van der Waals surface area contributed by atoms with Crippen LogP contribution in [0, 0.1) is 0 Å². The van der Waals surface area contributed by atoms with E-state index in [1.807, 2.05) is 23.9 Å². The zero-order chi connectivity index (χ0) is 10.0. The second-order valence-electron chi connectivity index (χ2n) is 2.91. The Hall–Kier alpha value is -0.810. The molecule has 0 amide bonds. The molecule has 0 spiro atoms. The highest BCUT2D eigenvalue weighted by molar-refractivity contribution is 9.10. The predicted molar refractivity (Wildman–Crippen MR) is 52.3 cm³/mol. The second-order valence-corrected chi connectivity index (χ2v) is 3.72. The van der Waals surface area contributed by atoms with Gasteiger partial charge < -0.3 is 15.4 Å². The average Bonchev–Trinajstić information content (AvgIpc) is 2.31. The fraction of sp³-hybridized carbons (Fsp3) is 0.375. The molecular weight excluding hydrogens is 236 g/mol. The molecule has 0 bridgehead atoms. The molecule has 0 aromatic carbocycles. The first-order valence-corrected chi connectivity index (χ1v) is 4.59. The van der Waals surface area contributed by atoms with Gasteiger partial charge in [0.2, 0.25) is 0 Å². The van der Waals surface area contributed by atoms with E-state index in [0.29, 0.717) is 0 Å². The summed E-state index contributed by atoms with van der Waals surface area (Å²) < 4.78 is 2.74. The van der Waals surface area contributed by atoms with Crippen molar-refractivity contribution in [2.45, 2.75) is 12.5 Å². The van der Waals surface area contributed by atoms with Crippen molar-refractivity contribution in [2.24, 2.45) is 12.8 Å². The maximum atomic E-state index is 10.4. The summed E-state index contributed by atoms with van der Waals surface area (Å²) in [7, 11) is 1.86. The van der Waals surface area contributed by atoms with Gasteiger partial charge in [0.1, 0.15) is 0 Å². The van der Waals surface area contributed by atoms with Crippen LogP contribution in [0.3, 0.4) is 0 Å². The zero-order valence-corrected chi connectivity index (χ0v) is 8.78. The van der Waals surface area contributed by atoms with Gasteiger partial charge in [-0.25, -0.2) is 0 Å². The Kier molecular flexibility index (Phi) is 3.11. The van der Waals surface area contributed by atoms with Crippen molar-refractivity contribution in [3.63, 3.8) is 0 Å². The number of nitrogens with two attached hydrogens (primary N) is 1. The van der Waals surface area contributed by atoms with E-state index in [4.69, 9.17) is 10.8 Å². The van der Waals surface area contributed by atoms with Crippen molar-refractivity contribution in [1.82, 2.24) is 4.57 Å². The lowest BCUT2D eigenvalue weighted by atomic mass is 10.1. The molecule has 3 N–H and O–H groups in total. The van der Waals surface area contributed by atoms with Crippen LogP contribution in [0.5, 0.6) is 0 Å². The number of carboxylic acids is 1.